The molecule has 1 heterocycles. The van der Waals surface area contributed by atoms with Crippen LogP contribution in [0.5, 0.6) is 0 Å². The van der Waals surface area contributed by atoms with Gasteiger partial charge in [0, 0.05) is 38.4 Å². The first kappa shape index (κ1) is 42.6. The predicted octanol–water partition coefficient (Wildman–Crippen LogP) is 7.33. The number of nitrogens with zero attached hydrogens (tertiary/aromatic N) is 2. The molecule has 0 bridgehead atoms. The highest BCUT2D eigenvalue weighted by atomic mass is 16.6. The molecule has 3 aromatic carbocycles. The second-order valence-corrected chi connectivity index (χ2v) is 16.2. The number of ether oxygens (including phenoxy) is 2. The zero-order chi connectivity index (χ0) is 42.2. The molecule has 2 aliphatic rings. The van der Waals surface area contributed by atoms with E-state index in [0.717, 1.165) is 40.7 Å². The summed E-state index contributed by atoms with van der Waals surface area (Å²) in [5.74, 6) is -3.24. The normalized spacial score (nSPS) is 15.8. The maximum atomic E-state index is 14.3. The number of carboxylic acids is 1. The van der Waals surface area contributed by atoms with E-state index in [1.807, 2.05) is 68.4 Å². The first-order chi connectivity index (χ1) is 28.3. The lowest BCUT2D eigenvalue weighted by atomic mass is 9.94. The molecule has 3 N–H and O–H groups in total. The molecular weight excluding hydrogens is 749 g/mol. The molecular formula is C47H54N4O8. The number of carboxylic acid groups (broad SMARTS) is 1. The largest absolute Gasteiger partial charge is 0.481 e. The van der Waals surface area contributed by atoms with Crippen LogP contribution in [0.25, 0.3) is 11.1 Å². The summed E-state index contributed by atoms with van der Waals surface area (Å²) in [6.07, 6.45) is 0.811. The van der Waals surface area contributed by atoms with Crippen molar-refractivity contribution < 1.29 is 38.6 Å². The van der Waals surface area contributed by atoms with Gasteiger partial charge >= 0.3 is 18.0 Å². The molecule has 0 aliphatic heterocycles. The molecule has 0 spiro atoms. The summed E-state index contributed by atoms with van der Waals surface area (Å²) in [4.78, 5) is 71.8. The van der Waals surface area contributed by atoms with Crippen molar-refractivity contribution in [3.63, 3.8) is 0 Å². The average molecular weight is 803 g/mol. The highest BCUT2D eigenvalue weighted by Crippen LogP contribution is 2.44. The second kappa shape index (κ2) is 19.1. The number of alkyl carbamates (subject to hydrolysis) is 1. The number of hydrogen-bond donors (Lipinski definition) is 3. The Morgan fingerprint density at radius 3 is 2.03 bits per heavy atom. The van der Waals surface area contributed by atoms with Crippen LogP contribution >= 0.6 is 0 Å². The van der Waals surface area contributed by atoms with Gasteiger partial charge < -0.3 is 30.1 Å². The molecule has 1 fully saturated rings. The highest BCUT2D eigenvalue weighted by molar-refractivity contribution is 5.92. The van der Waals surface area contributed by atoms with Crippen molar-refractivity contribution in [3.8, 4) is 11.1 Å². The van der Waals surface area contributed by atoms with Gasteiger partial charge in [-0.25, -0.2) is 9.78 Å². The van der Waals surface area contributed by atoms with E-state index in [0.29, 0.717) is 12.1 Å². The van der Waals surface area contributed by atoms with Crippen LogP contribution in [0.2, 0.25) is 0 Å². The van der Waals surface area contributed by atoms with Crippen LogP contribution in [0.15, 0.2) is 97.1 Å². The molecule has 12 heteroatoms. The number of carbonyl (C=O) groups excluding carboxylic acids is 4. The van der Waals surface area contributed by atoms with Crippen molar-refractivity contribution in [3.05, 3.63) is 125 Å². The standard InChI is InChI=1S/C47H54N4O8/c1-28(2)41(51(5)45(54)43(32-22-23-32)50-47(57)58-27-38-36-18-11-9-16-34(36)35-17-10-12-19-37(35)38)26-42(59-30(4)52)39-20-13-21-40(49-39)44(53)48-33(24-29(3)46(55)56)25-31-14-7-6-8-15-31/h6-21,28-29,32-33,38,41-43H,22-27H2,1-5H3,(H,48,53)(H,50,57)(H,55,56)/t29-,33+,41+,42+,43-/m0/s1. The van der Waals surface area contributed by atoms with E-state index in [1.54, 1.807) is 37.1 Å². The highest BCUT2D eigenvalue weighted by Gasteiger charge is 2.42. The Balaban J connectivity index is 1.14. The fraction of sp³-hybridized carbons (Fsp3) is 0.404. The van der Waals surface area contributed by atoms with Crippen LogP contribution in [0, 0.1) is 17.8 Å². The number of likely N-dealkylation sites (N-methyl/N-ethyl adjacent to an activating group) is 1. The van der Waals surface area contributed by atoms with E-state index < -0.39 is 54.1 Å². The van der Waals surface area contributed by atoms with Crippen molar-refractivity contribution in [2.24, 2.45) is 17.8 Å². The summed E-state index contributed by atoms with van der Waals surface area (Å²) < 4.78 is 11.6. The van der Waals surface area contributed by atoms with Gasteiger partial charge in [0.05, 0.1) is 11.6 Å². The van der Waals surface area contributed by atoms with Gasteiger partial charge in [-0.05, 0) is 77.5 Å². The fourth-order valence-corrected chi connectivity index (χ4v) is 8.12. The molecule has 0 radical (unpaired) electrons. The van der Waals surface area contributed by atoms with Gasteiger partial charge in [-0.2, -0.15) is 0 Å². The van der Waals surface area contributed by atoms with Crippen LogP contribution in [-0.4, -0.2) is 76.6 Å². The third kappa shape index (κ3) is 10.7. The van der Waals surface area contributed by atoms with Crippen LogP contribution in [0.3, 0.4) is 0 Å². The summed E-state index contributed by atoms with van der Waals surface area (Å²) in [6, 6.07) is 28.8. The molecule has 59 heavy (non-hydrogen) atoms. The predicted molar refractivity (Wildman–Crippen MR) is 222 cm³/mol. The number of benzene rings is 3. The Morgan fingerprint density at radius 2 is 1.44 bits per heavy atom. The SMILES string of the molecule is CC(=O)O[C@H](C[C@H](C(C)C)N(C)C(=O)[C@@H](NC(=O)OCC1c2ccccc2-c2ccccc21)C1CC1)c1cccc(C(=O)N[C@@H](Cc2ccccc2)C[C@H](C)C(=O)O)n1. The van der Waals surface area contributed by atoms with Crippen LogP contribution in [0.1, 0.15) is 98.3 Å². The molecule has 2 aliphatic carbocycles. The fourth-order valence-electron chi connectivity index (χ4n) is 8.12. The molecule has 0 saturated heterocycles. The first-order valence-corrected chi connectivity index (χ1v) is 20.4. The lowest BCUT2D eigenvalue weighted by Crippen LogP contribution is -2.53. The zero-order valence-corrected chi connectivity index (χ0v) is 34.3. The van der Waals surface area contributed by atoms with Crippen molar-refractivity contribution in [1.29, 1.82) is 0 Å². The summed E-state index contributed by atoms with van der Waals surface area (Å²) in [5, 5.41) is 15.5. The maximum absolute atomic E-state index is 14.3. The summed E-state index contributed by atoms with van der Waals surface area (Å²) >= 11 is 0. The molecule has 0 unspecified atom stereocenters. The van der Waals surface area contributed by atoms with Crippen LogP contribution < -0.4 is 10.6 Å². The van der Waals surface area contributed by atoms with Crippen molar-refractivity contribution >= 4 is 29.8 Å². The number of carbonyl (C=O) groups is 5. The van der Waals surface area contributed by atoms with Gasteiger partial charge in [-0.1, -0.05) is 106 Å². The number of amides is 3. The minimum absolute atomic E-state index is 0.0384. The molecule has 12 nitrogen and oxygen atoms in total. The molecule has 1 aromatic heterocycles. The Hall–Kier alpha value is -6.04. The van der Waals surface area contributed by atoms with Gasteiger partial charge in [0.25, 0.3) is 5.91 Å². The number of aliphatic carboxylic acids is 1. The number of rotatable bonds is 18. The van der Waals surface area contributed by atoms with Crippen molar-refractivity contribution in [1.82, 2.24) is 20.5 Å². The van der Waals surface area contributed by atoms with Crippen LogP contribution in [-0.2, 0) is 30.3 Å². The topological polar surface area (TPSA) is 164 Å². The molecule has 3 amide bonds. The van der Waals surface area contributed by atoms with Crippen molar-refractivity contribution in [2.75, 3.05) is 13.7 Å². The molecule has 5 atom stereocenters. The van der Waals surface area contributed by atoms with E-state index in [1.165, 1.54) is 6.92 Å². The lowest BCUT2D eigenvalue weighted by Gasteiger charge is -2.36. The van der Waals surface area contributed by atoms with Gasteiger partial charge in [0.1, 0.15) is 24.4 Å². The minimum atomic E-state index is -0.957. The van der Waals surface area contributed by atoms with Gasteiger partial charge in [0.2, 0.25) is 5.91 Å². The number of fused-ring (bicyclic) bond motifs is 3. The maximum Gasteiger partial charge on any atom is 0.407 e. The Bertz CT molecular complexity index is 2090. The molecule has 4 aromatic rings. The van der Waals surface area contributed by atoms with E-state index in [4.69, 9.17) is 9.47 Å². The van der Waals surface area contributed by atoms with Gasteiger partial charge in [-0.15, -0.1) is 0 Å². The quantitative estimate of drug-likeness (QED) is 0.0875. The Labute approximate surface area is 345 Å². The number of hydrogen-bond acceptors (Lipinski definition) is 8. The van der Waals surface area contributed by atoms with Gasteiger partial charge in [-0.3, -0.25) is 19.2 Å². The van der Waals surface area contributed by atoms with E-state index >= 15 is 0 Å². The first-order valence-electron chi connectivity index (χ1n) is 20.4. The van der Waals surface area contributed by atoms with Crippen molar-refractivity contribution in [2.45, 2.75) is 89.9 Å². The smallest absolute Gasteiger partial charge is 0.407 e. The summed E-state index contributed by atoms with van der Waals surface area (Å²) in [6.45, 7) is 6.95. The average Bonchev–Trinajstić information content (AvgIpc) is 4.02. The molecule has 310 valence electrons. The lowest BCUT2D eigenvalue weighted by molar-refractivity contribution is -0.149. The van der Waals surface area contributed by atoms with Crippen LogP contribution in [0.4, 0.5) is 4.79 Å². The third-order valence-corrected chi connectivity index (χ3v) is 11.4. The Morgan fingerprint density at radius 1 is 0.814 bits per heavy atom. The zero-order valence-electron chi connectivity index (χ0n) is 34.3. The second-order valence-electron chi connectivity index (χ2n) is 16.2. The summed E-state index contributed by atoms with van der Waals surface area (Å²) in [5.41, 5.74) is 5.78. The third-order valence-electron chi connectivity index (χ3n) is 11.4. The number of pyridine rings is 1. The number of nitrogens with one attached hydrogen (secondary N) is 2. The molecule has 6 rings (SSSR count). The van der Waals surface area contributed by atoms with Gasteiger partial charge in [0.15, 0.2) is 0 Å². The molecule has 1 saturated carbocycles. The monoisotopic (exact) mass is 802 g/mol. The summed E-state index contributed by atoms with van der Waals surface area (Å²) in [7, 11) is 1.69. The number of esters is 1. The number of aromatic nitrogens is 1. The van der Waals surface area contributed by atoms with E-state index in [-0.39, 0.29) is 48.8 Å². The Kier molecular flexibility index (Phi) is 13.8. The minimum Gasteiger partial charge on any atom is -0.481 e. The van der Waals surface area contributed by atoms with E-state index in [9.17, 15) is 29.1 Å². The van der Waals surface area contributed by atoms with E-state index in [2.05, 4.69) is 39.9 Å².